The van der Waals surface area contributed by atoms with Crippen LogP contribution >= 0.6 is 0 Å². The molecule has 6 nitrogen and oxygen atoms in total. The van der Waals surface area contributed by atoms with Crippen molar-refractivity contribution in [3.05, 3.63) is 66.0 Å². The summed E-state index contributed by atoms with van der Waals surface area (Å²) in [5.41, 5.74) is 4.16. The van der Waals surface area contributed by atoms with E-state index < -0.39 is 7.12 Å². The lowest BCUT2D eigenvalue weighted by Crippen LogP contribution is -2.38. The van der Waals surface area contributed by atoms with Crippen molar-refractivity contribution in [2.45, 2.75) is 13.5 Å². The number of rotatable bonds is 4. The van der Waals surface area contributed by atoms with Crippen LogP contribution in [0.4, 0.5) is 5.69 Å². The molecule has 0 radical (unpaired) electrons. The zero-order valence-corrected chi connectivity index (χ0v) is 17.0. The van der Waals surface area contributed by atoms with Gasteiger partial charge in [-0.15, -0.1) is 0 Å². The number of morpholine rings is 1. The summed E-state index contributed by atoms with van der Waals surface area (Å²) in [7, 11) is -1.58. The number of benzene rings is 3. The molecule has 152 valence electrons. The normalized spacial score (nSPS) is 14.6. The highest BCUT2D eigenvalue weighted by Crippen LogP contribution is 2.26. The van der Waals surface area contributed by atoms with Gasteiger partial charge in [-0.05, 0) is 35.4 Å². The molecular formula is C23H24BN3O3. The molecule has 0 amide bonds. The van der Waals surface area contributed by atoms with Gasteiger partial charge in [0.25, 0.3) is 0 Å². The van der Waals surface area contributed by atoms with Gasteiger partial charge in [0.2, 0.25) is 0 Å². The van der Waals surface area contributed by atoms with E-state index in [1.54, 1.807) is 0 Å². The van der Waals surface area contributed by atoms with Crippen molar-refractivity contribution in [2.24, 2.45) is 0 Å². The number of hydrogen-bond acceptors (Lipinski definition) is 5. The number of hydrogen-bond donors (Lipinski definition) is 2. The molecule has 2 heterocycles. The Labute approximate surface area is 175 Å². The van der Waals surface area contributed by atoms with Crippen molar-refractivity contribution in [1.29, 1.82) is 0 Å². The molecule has 2 N–H and O–H groups in total. The highest BCUT2D eigenvalue weighted by molar-refractivity contribution is 6.61. The van der Waals surface area contributed by atoms with Gasteiger partial charge >= 0.3 is 7.12 Å². The Hall–Kier alpha value is -2.87. The van der Waals surface area contributed by atoms with Crippen LogP contribution in [0.15, 0.2) is 54.6 Å². The average Bonchev–Trinajstić information content (AvgIpc) is 3.09. The van der Waals surface area contributed by atoms with Crippen molar-refractivity contribution in [3.63, 3.8) is 0 Å². The van der Waals surface area contributed by atoms with Crippen LogP contribution in [0, 0.1) is 6.92 Å². The molecule has 3 aromatic carbocycles. The predicted octanol–water partition coefficient (Wildman–Crippen LogP) is 2.06. The van der Waals surface area contributed by atoms with E-state index in [1.807, 2.05) is 19.1 Å². The van der Waals surface area contributed by atoms with Crippen LogP contribution in [0.25, 0.3) is 21.8 Å². The summed E-state index contributed by atoms with van der Waals surface area (Å²) in [5, 5.41) is 22.5. The monoisotopic (exact) mass is 401 g/mol. The summed E-state index contributed by atoms with van der Waals surface area (Å²) in [6.45, 7) is 5.53. The molecule has 0 bridgehead atoms. The molecule has 0 aliphatic carbocycles. The molecule has 1 aromatic heterocycles. The minimum absolute atomic E-state index is 0.439. The van der Waals surface area contributed by atoms with E-state index in [1.165, 1.54) is 16.3 Å². The second kappa shape index (κ2) is 7.76. The topological polar surface area (TPSA) is 70.8 Å². The maximum absolute atomic E-state index is 10.0. The predicted molar refractivity (Wildman–Crippen MR) is 120 cm³/mol. The number of aromatic nitrogens is 2. The first kappa shape index (κ1) is 19.1. The quantitative estimate of drug-likeness (QED) is 0.513. The fraction of sp³-hybridized carbons (Fsp3) is 0.261. The van der Waals surface area contributed by atoms with Crippen LogP contribution in [-0.4, -0.2) is 53.0 Å². The molecule has 0 unspecified atom stereocenters. The SMILES string of the molecule is Cc1nc2c(B(O)O)cc(N3CCOCC3)cc2n1Cc1cccc2ccccc12. The van der Waals surface area contributed by atoms with E-state index in [9.17, 15) is 10.0 Å². The number of ether oxygens (including phenoxy) is 1. The molecule has 0 saturated carbocycles. The van der Waals surface area contributed by atoms with Gasteiger partial charge in [0, 0.05) is 30.8 Å². The van der Waals surface area contributed by atoms with E-state index >= 15 is 0 Å². The molecule has 1 aliphatic heterocycles. The molecule has 1 saturated heterocycles. The van der Waals surface area contributed by atoms with Gasteiger partial charge in [0.05, 0.1) is 24.2 Å². The molecule has 5 rings (SSSR count). The summed E-state index contributed by atoms with van der Waals surface area (Å²) in [4.78, 5) is 6.92. The zero-order valence-electron chi connectivity index (χ0n) is 17.0. The lowest BCUT2D eigenvalue weighted by atomic mass is 9.79. The number of fused-ring (bicyclic) bond motifs is 2. The number of imidazole rings is 1. The third kappa shape index (κ3) is 3.35. The van der Waals surface area contributed by atoms with Gasteiger partial charge in [-0.2, -0.15) is 0 Å². The van der Waals surface area contributed by atoms with Crippen LogP contribution in [0.1, 0.15) is 11.4 Å². The Bertz CT molecular complexity index is 1210. The molecule has 1 aliphatic rings. The molecule has 0 atom stereocenters. The smallest absolute Gasteiger partial charge is 0.423 e. The standard InChI is InChI=1S/C23H24BN3O3/c1-16-25-23-21(24(28)29)13-19(26-9-11-30-12-10-26)14-22(23)27(16)15-18-7-4-6-17-5-2-3-8-20(17)18/h2-8,13-14,28-29H,9-12,15H2,1H3. The zero-order chi connectivity index (χ0) is 20.7. The third-order valence-electron chi connectivity index (χ3n) is 5.92. The first-order chi connectivity index (χ1) is 14.6. The molecule has 1 fully saturated rings. The Morgan fingerprint density at radius 1 is 1.03 bits per heavy atom. The van der Waals surface area contributed by atoms with Crippen LogP contribution in [0.2, 0.25) is 0 Å². The lowest BCUT2D eigenvalue weighted by molar-refractivity contribution is 0.122. The summed E-state index contributed by atoms with van der Waals surface area (Å²) in [5.74, 6) is 0.846. The number of nitrogens with zero attached hydrogens (tertiary/aromatic N) is 3. The van der Waals surface area contributed by atoms with E-state index in [4.69, 9.17) is 9.72 Å². The minimum atomic E-state index is -1.58. The second-order valence-electron chi connectivity index (χ2n) is 7.76. The van der Waals surface area contributed by atoms with E-state index in [0.29, 0.717) is 30.7 Å². The van der Waals surface area contributed by atoms with E-state index in [0.717, 1.165) is 30.1 Å². The van der Waals surface area contributed by atoms with Crippen molar-refractivity contribution < 1.29 is 14.8 Å². The van der Waals surface area contributed by atoms with Crippen LogP contribution < -0.4 is 10.4 Å². The van der Waals surface area contributed by atoms with Crippen molar-refractivity contribution >= 4 is 40.1 Å². The van der Waals surface area contributed by atoms with Crippen LogP contribution in [0.5, 0.6) is 0 Å². The van der Waals surface area contributed by atoms with Crippen molar-refractivity contribution in [1.82, 2.24) is 9.55 Å². The Morgan fingerprint density at radius 3 is 2.60 bits per heavy atom. The minimum Gasteiger partial charge on any atom is -0.423 e. The third-order valence-corrected chi connectivity index (χ3v) is 5.92. The highest BCUT2D eigenvalue weighted by atomic mass is 16.5. The molecular weight excluding hydrogens is 377 g/mol. The summed E-state index contributed by atoms with van der Waals surface area (Å²) in [6, 6.07) is 18.7. The molecule has 7 heteroatoms. The maximum atomic E-state index is 10.0. The van der Waals surface area contributed by atoms with Gasteiger partial charge in [-0.1, -0.05) is 42.5 Å². The fourth-order valence-electron chi connectivity index (χ4n) is 4.35. The molecule has 4 aromatic rings. The van der Waals surface area contributed by atoms with Gasteiger partial charge in [0.15, 0.2) is 0 Å². The average molecular weight is 401 g/mol. The van der Waals surface area contributed by atoms with Crippen molar-refractivity contribution in [3.8, 4) is 0 Å². The molecule has 0 spiro atoms. The highest BCUT2D eigenvalue weighted by Gasteiger charge is 2.23. The van der Waals surface area contributed by atoms with Crippen LogP contribution in [-0.2, 0) is 11.3 Å². The summed E-state index contributed by atoms with van der Waals surface area (Å²) < 4.78 is 7.64. The van der Waals surface area contributed by atoms with E-state index in [2.05, 4.69) is 51.9 Å². The second-order valence-corrected chi connectivity index (χ2v) is 7.76. The van der Waals surface area contributed by atoms with Crippen molar-refractivity contribution in [2.75, 3.05) is 31.2 Å². The Morgan fingerprint density at radius 2 is 1.80 bits per heavy atom. The maximum Gasteiger partial charge on any atom is 0.490 e. The largest absolute Gasteiger partial charge is 0.490 e. The lowest BCUT2D eigenvalue weighted by Gasteiger charge is -2.29. The molecule has 30 heavy (non-hydrogen) atoms. The first-order valence-electron chi connectivity index (χ1n) is 10.3. The first-order valence-corrected chi connectivity index (χ1v) is 10.3. The number of aryl methyl sites for hydroxylation is 1. The van der Waals surface area contributed by atoms with Gasteiger partial charge < -0.3 is 24.3 Å². The number of anilines is 1. The van der Waals surface area contributed by atoms with Gasteiger partial charge in [-0.3, -0.25) is 0 Å². The van der Waals surface area contributed by atoms with E-state index in [-0.39, 0.29) is 0 Å². The summed E-state index contributed by atoms with van der Waals surface area (Å²) >= 11 is 0. The Balaban J connectivity index is 1.66. The van der Waals surface area contributed by atoms with Gasteiger partial charge in [0.1, 0.15) is 5.82 Å². The Kier molecular flexibility index (Phi) is 4.94. The summed E-state index contributed by atoms with van der Waals surface area (Å²) in [6.07, 6.45) is 0. The fourth-order valence-corrected chi connectivity index (χ4v) is 4.35. The van der Waals surface area contributed by atoms with Crippen LogP contribution in [0.3, 0.4) is 0 Å². The van der Waals surface area contributed by atoms with Gasteiger partial charge in [-0.25, -0.2) is 4.98 Å².